The molecule has 0 N–H and O–H groups in total. The van der Waals surface area contributed by atoms with Crippen LogP contribution >= 0.6 is 11.3 Å². The number of benzene rings is 9. The Labute approximate surface area is 340 Å². The second-order valence-corrected chi connectivity index (χ2v) is 15.6. The molecule has 0 unspecified atom stereocenters. The Morgan fingerprint density at radius 3 is 1.48 bits per heavy atom. The summed E-state index contributed by atoms with van der Waals surface area (Å²) in [6.07, 6.45) is 0. The van der Waals surface area contributed by atoms with Gasteiger partial charge in [0.15, 0.2) is 0 Å². The maximum absolute atomic E-state index is 6.23. The summed E-state index contributed by atoms with van der Waals surface area (Å²) in [7, 11) is 0. The van der Waals surface area contributed by atoms with Gasteiger partial charge in [0.2, 0.25) is 0 Å². The standard InChI is InChI=1S/C54H36N2OS/c1-4-13-37(14-5-1)38-23-27-42(28-24-38)56(44-31-33-51-48(35-44)47-19-10-11-21-50(47)57-51)43-29-25-39(26-30-43)46-20-12-22-53-54(46)49-36-45(32-34-52(49)58-53)55(40-15-6-2-7-16-40)41-17-8-3-9-18-41/h1-36H. The lowest BCUT2D eigenvalue weighted by molar-refractivity contribution is 0.669. The summed E-state index contributed by atoms with van der Waals surface area (Å²) >= 11 is 1.85. The smallest absolute Gasteiger partial charge is 0.135 e. The van der Waals surface area contributed by atoms with Crippen LogP contribution in [0, 0.1) is 0 Å². The molecular weight excluding hydrogens is 725 g/mol. The number of thiophene rings is 1. The first-order valence-corrected chi connectivity index (χ1v) is 20.4. The molecule has 4 heteroatoms. The number of hydrogen-bond donors (Lipinski definition) is 0. The Hall–Kier alpha value is -7.40. The maximum atomic E-state index is 6.23. The Morgan fingerprint density at radius 1 is 0.310 bits per heavy atom. The normalized spacial score (nSPS) is 11.4. The molecule has 0 saturated heterocycles. The second-order valence-electron chi connectivity index (χ2n) is 14.5. The highest BCUT2D eigenvalue weighted by Gasteiger charge is 2.19. The molecule has 58 heavy (non-hydrogen) atoms. The van der Waals surface area contributed by atoms with Crippen LogP contribution in [0.15, 0.2) is 223 Å². The van der Waals surface area contributed by atoms with Crippen LogP contribution in [-0.2, 0) is 0 Å². The van der Waals surface area contributed by atoms with E-state index in [2.05, 4.69) is 216 Å². The quantitative estimate of drug-likeness (QED) is 0.154. The zero-order valence-electron chi connectivity index (χ0n) is 31.5. The molecule has 2 heterocycles. The fourth-order valence-electron chi connectivity index (χ4n) is 8.32. The summed E-state index contributed by atoms with van der Waals surface area (Å²) in [4.78, 5) is 4.68. The number of fused-ring (bicyclic) bond motifs is 6. The van der Waals surface area contributed by atoms with Crippen molar-refractivity contribution in [2.75, 3.05) is 9.80 Å². The molecule has 0 aliphatic heterocycles. The third-order valence-electron chi connectivity index (χ3n) is 11.1. The highest BCUT2D eigenvalue weighted by Crippen LogP contribution is 2.45. The first-order chi connectivity index (χ1) is 28.7. The predicted molar refractivity (Wildman–Crippen MR) is 247 cm³/mol. The molecule has 0 radical (unpaired) electrons. The van der Waals surface area contributed by atoms with E-state index < -0.39 is 0 Å². The maximum Gasteiger partial charge on any atom is 0.135 e. The van der Waals surface area contributed by atoms with Gasteiger partial charge in [0.05, 0.1) is 0 Å². The van der Waals surface area contributed by atoms with Crippen molar-refractivity contribution in [3.8, 4) is 22.3 Å². The molecule has 0 bridgehead atoms. The van der Waals surface area contributed by atoms with Crippen molar-refractivity contribution < 1.29 is 4.42 Å². The third kappa shape index (κ3) is 5.99. The molecule has 0 saturated carbocycles. The van der Waals surface area contributed by atoms with E-state index in [1.54, 1.807) is 0 Å². The molecule has 0 aliphatic carbocycles. The number of hydrogen-bond acceptors (Lipinski definition) is 4. The lowest BCUT2D eigenvalue weighted by Gasteiger charge is -2.26. The van der Waals surface area contributed by atoms with E-state index in [4.69, 9.17) is 4.42 Å². The minimum absolute atomic E-state index is 0.884. The van der Waals surface area contributed by atoms with Gasteiger partial charge in [-0.2, -0.15) is 0 Å². The van der Waals surface area contributed by atoms with Crippen molar-refractivity contribution in [2.45, 2.75) is 0 Å². The largest absolute Gasteiger partial charge is 0.456 e. The highest BCUT2D eigenvalue weighted by atomic mass is 32.1. The van der Waals surface area contributed by atoms with E-state index in [1.807, 2.05) is 23.5 Å². The number of furan rings is 1. The molecule has 2 aromatic heterocycles. The Bertz CT molecular complexity index is 3170. The lowest BCUT2D eigenvalue weighted by Crippen LogP contribution is -2.09. The van der Waals surface area contributed by atoms with E-state index in [-0.39, 0.29) is 0 Å². The van der Waals surface area contributed by atoms with Gasteiger partial charge in [-0.25, -0.2) is 0 Å². The zero-order valence-corrected chi connectivity index (χ0v) is 32.3. The van der Waals surface area contributed by atoms with Crippen molar-refractivity contribution in [3.63, 3.8) is 0 Å². The number of nitrogens with zero attached hydrogens (tertiary/aromatic N) is 2. The topological polar surface area (TPSA) is 19.6 Å². The molecule has 3 nitrogen and oxygen atoms in total. The summed E-state index contributed by atoms with van der Waals surface area (Å²) in [5, 5.41) is 4.76. The van der Waals surface area contributed by atoms with Crippen molar-refractivity contribution in [1.82, 2.24) is 0 Å². The van der Waals surface area contributed by atoms with Crippen molar-refractivity contribution in [2.24, 2.45) is 0 Å². The monoisotopic (exact) mass is 760 g/mol. The van der Waals surface area contributed by atoms with Crippen LogP contribution in [0.5, 0.6) is 0 Å². The average Bonchev–Trinajstić information content (AvgIpc) is 3.86. The second kappa shape index (κ2) is 14.3. The van der Waals surface area contributed by atoms with Crippen molar-refractivity contribution in [3.05, 3.63) is 218 Å². The molecule has 11 rings (SSSR count). The average molecular weight is 761 g/mol. The third-order valence-corrected chi connectivity index (χ3v) is 12.2. The van der Waals surface area contributed by atoms with Crippen molar-refractivity contribution >= 4 is 87.6 Å². The first kappa shape index (κ1) is 33.9. The van der Waals surface area contributed by atoms with E-state index in [0.29, 0.717) is 0 Å². The van der Waals surface area contributed by atoms with Crippen LogP contribution in [0.3, 0.4) is 0 Å². The number of rotatable bonds is 8. The van der Waals surface area contributed by atoms with Gasteiger partial charge in [0.25, 0.3) is 0 Å². The summed E-state index contributed by atoms with van der Waals surface area (Å²) in [6, 6.07) is 78.1. The number of anilines is 6. The highest BCUT2D eigenvalue weighted by molar-refractivity contribution is 7.26. The van der Waals surface area contributed by atoms with E-state index in [0.717, 1.165) is 56.1 Å². The van der Waals surface area contributed by atoms with Gasteiger partial charge in [-0.15, -0.1) is 11.3 Å². The molecule has 0 spiro atoms. The lowest BCUT2D eigenvalue weighted by atomic mass is 9.98. The minimum Gasteiger partial charge on any atom is -0.456 e. The fraction of sp³-hybridized carbons (Fsp3) is 0. The zero-order chi connectivity index (χ0) is 38.4. The van der Waals surface area contributed by atoms with E-state index in [9.17, 15) is 0 Å². The molecule has 0 fully saturated rings. The van der Waals surface area contributed by atoms with Crippen molar-refractivity contribution in [1.29, 1.82) is 0 Å². The molecular formula is C54H36N2OS. The summed E-state index contributed by atoms with van der Waals surface area (Å²) < 4.78 is 8.78. The van der Waals surface area contributed by atoms with E-state index in [1.165, 1.54) is 42.4 Å². The minimum atomic E-state index is 0.884. The Kier molecular flexibility index (Phi) is 8.34. The van der Waals surface area contributed by atoms with Gasteiger partial charge in [-0.1, -0.05) is 121 Å². The van der Waals surface area contributed by atoms with Gasteiger partial charge >= 0.3 is 0 Å². The van der Waals surface area contributed by atoms with Crippen LogP contribution in [0.25, 0.3) is 64.4 Å². The van der Waals surface area contributed by atoms with Crippen LogP contribution in [0.4, 0.5) is 34.1 Å². The summed E-state index contributed by atoms with van der Waals surface area (Å²) in [5.74, 6) is 0. The first-order valence-electron chi connectivity index (χ1n) is 19.6. The van der Waals surface area contributed by atoms with Crippen LogP contribution in [0.2, 0.25) is 0 Å². The van der Waals surface area contributed by atoms with Gasteiger partial charge in [-0.05, 0) is 119 Å². The Morgan fingerprint density at radius 2 is 0.810 bits per heavy atom. The Balaban J connectivity index is 1.02. The van der Waals surface area contributed by atoms with Gasteiger partial charge < -0.3 is 14.2 Å². The molecule has 0 atom stereocenters. The van der Waals surface area contributed by atoms with E-state index >= 15 is 0 Å². The van der Waals surface area contributed by atoms with Gasteiger partial charge in [0, 0.05) is 65.1 Å². The summed E-state index contributed by atoms with van der Waals surface area (Å²) in [5.41, 5.74) is 13.2. The van der Waals surface area contributed by atoms with Crippen LogP contribution in [-0.4, -0.2) is 0 Å². The predicted octanol–water partition coefficient (Wildman–Crippen LogP) is 16.2. The molecule has 0 aliphatic rings. The fourth-order valence-corrected chi connectivity index (χ4v) is 9.43. The SMILES string of the molecule is c1ccc(-c2ccc(N(c3ccc(-c4cccc5sc6ccc(N(c7ccccc7)c7ccccc7)cc6c45)cc3)c3ccc4oc5ccccc5c4c3)cc2)cc1. The van der Waals surface area contributed by atoms with Gasteiger partial charge in [0.1, 0.15) is 11.2 Å². The van der Waals surface area contributed by atoms with Crippen LogP contribution in [0.1, 0.15) is 0 Å². The number of para-hydroxylation sites is 3. The molecule has 274 valence electrons. The molecule has 9 aromatic carbocycles. The van der Waals surface area contributed by atoms with Gasteiger partial charge in [-0.3, -0.25) is 0 Å². The van der Waals surface area contributed by atoms with Crippen LogP contribution < -0.4 is 9.80 Å². The molecule has 0 amide bonds. The summed E-state index contributed by atoms with van der Waals surface area (Å²) in [6.45, 7) is 0. The molecule has 11 aromatic rings.